The largest absolute Gasteiger partial charge is 0.229 e. The van der Waals surface area contributed by atoms with Crippen molar-refractivity contribution >= 4 is 33.3 Å². The minimum absolute atomic E-state index is 1.08. The summed E-state index contributed by atoms with van der Waals surface area (Å²) < 4.78 is 0. The van der Waals surface area contributed by atoms with Crippen LogP contribution in [0.25, 0.3) is 20.7 Å². The lowest BCUT2D eigenvalue weighted by molar-refractivity contribution is 0.895. The van der Waals surface area contributed by atoms with E-state index in [1.165, 1.54) is 28.7 Å². The lowest BCUT2D eigenvalue weighted by atomic mass is 10.2. The summed E-state index contributed by atoms with van der Waals surface area (Å²) in [7, 11) is 0. The molecule has 0 radical (unpaired) electrons. The van der Waals surface area contributed by atoms with E-state index in [0.29, 0.717) is 0 Å². The lowest BCUT2D eigenvalue weighted by Crippen LogP contribution is -1.85. The zero-order valence-corrected chi connectivity index (χ0v) is 13.0. The molecule has 0 N–H and O–H groups in total. The second-order valence-electron chi connectivity index (χ2n) is 4.58. The average molecular weight is 300 g/mol. The summed E-state index contributed by atoms with van der Waals surface area (Å²) in [6.07, 6.45) is 4.13. The van der Waals surface area contributed by atoms with Gasteiger partial charge in [-0.25, -0.2) is 9.97 Å². The fourth-order valence-electron chi connectivity index (χ4n) is 2.01. The highest BCUT2D eigenvalue weighted by atomic mass is 32.2. The van der Waals surface area contributed by atoms with Gasteiger partial charge < -0.3 is 0 Å². The van der Waals surface area contributed by atoms with E-state index in [1.54, 1.807) is 17.7 Å². The van der Waals surface area contributed by atoms with Gasteiger partial charge in [-0.15, -0.1) is 23.1 Å². The molecule has 4 heteroatoms. The zero-order valence-electron chi connectivity index (χ0n) is 11.4. The molecule has 0 unspecified atom stereocenters. The van der Waals surface area contributed by atoms with Crippen molar-refractivity contribution in [2.75, 3.05) is 5.75 Å². The number of benzene rings is 1. The number of aromatic nitrogens is 2. The number of nitrogens with zero attached hydrogens (tertiary/aromatic N) is 2. The van der Waals surface area contributed by atoms with Crippen LogP contribution in [0.1, 0.15) is 19.8 Å². The van der Waals surface area contributed by atoms with Gasteiger partial charge in [0, 0.05) is 10.3 Å². The first kappa shape index (κ1) is 13.6. The van der Waals surface area contributed by atoms with Gasteiger partial charge in [0.25, 0.3) is 0 Å². The number of fused-ring (bicyclic) bond motifs is 1. The number of thiophene rings is 1. The van der Waals surface area contributed by atoms with Gasteiger partial charge in [-0.3, -0.25) is 0 Å². The van der Waals surface area contributed by atoms with Crippen molar-refractivity contribution in [1.29, 1.82) is 0 Å². The van der Waals surface area contributed by atoms with E-state index in [-0.39, 0.29) is 0 Å². The van der Waals surface area contributed by atoms with Gasteiger partial charge >= 0.3 is 0 Å². The van der Waals surface area contributed by atoms with Gasteiger partial charge in [0.15, 0.2) is 0 Å². The van der Waals surface area contributed by atoms with Crippen LogP contribution in [-0.2, 0) is 0 Å². The van der Waals surface area contributed by atoms with Gasteiger partial charge in [-0.05, 0) is 23.8 Å². The highest BCUT2D eigenvalue weighted by molar-refractivity contribution is 7.99. The maximum atomic E-state index is 4.44. The molecular formula is C16H16N2S2. The Morgan fingerprint density at radius 3 is 2.80 bits per heavy atom. The molecule has 0 aliphatic carbocycles. The Morgan fingerprint density at radius 2 is 2.00 bits per heavy atom. The van der Waals surface area contributed by atoms with Crippen molar-refractivity contribution in [3.05, 3.63) is 42.7 Å². The molecule has 2 aromatic heterocycles. The molecule has 0 aliphatic heterocycles. The first-order valence-electron chi connectivity index (χ1n) is 6.81. The van der Waals surface area contributed by atoms with Crippen molar-refractivity contribution < 1.29 is 0 Å². The van der Waals surface area contributed by atoms with Crippen LogP contribution in [0.3, 0.4) is 0 Å². The maximum Gasteiger partial charge on any atom is 0.128 e. The minimum atomic E-state index is 1.08. The topological polar surface area (TPSA) is 25.8 Å². The molecule has 0 bridgehead atoms. The van der Waals surface area contributed by atoms with E-state index < -0.39 is 0 Å². The van der Waals surface area contributed by atoms with Gasteiger partial charge in [0.1, 0.15) is 16.2 Å². The zero-order chi connectivity index (χ0) is 13.8. The van der Waals surface area contributed by atoms with Crippen LogP contribution in [0.2, 0.25) is 0 Å². The Kier molecular flexibility index (Phi) is 4.33. The maximum absolute atomic E-state index is 4.44. The summed E-state index contributed by atoms with van der Waals surface area (Å²) in [4.78, 5) is 11.2. The molecule has 0 fully saturated rings. The van der Waals surface area contributed by atoms with Crippen LogP contribution < -0.4 is 0 Å². The van der Waals surface area contributed by atoms with E-state index in [1.807, 2.05) is 17.8 Å². The van der Waals surface area contributed by atoms with Crippen molar-refractivity contribution in [1.82, 2.24) is 9.97 Å². The Balaban J connectivity index is 1.96. The first-order chi connectivity index (χ1) is 9.88. The molecular weight excluding hydrogens is 284 g/mol. The molecule has 0 amide bonds. The molecule has 0 aliphatic rings. The number of hydrogen-bond acceptors (Lipinski definition) is 4. The lowest BCUT2D eigenvalue weighted by Gasteiger charge is -2.00. The fraction of sp³-hybridized carbons (Fsp3) is 0.250. The fourth-order valence-corrected chi connectivity index (χ4v) is 4.13. The summed E-state index contributed by atoms with van der Waals surface area (Å²) in [6, 6.07) is 12.7. The van der Waals surface area contributed by atoms with Gasteiger partial charge in [-0.1, -0.05) is 43.7 Å². The van der Waals surface area contributed by atoms with E-state index in [9.17, 15) is 0 Å². The van der Waals surface area contributed by atoms with Crippen molar-refractivity contribution in [2.45, 2.75) is 24.8 Å². The van der Waals surface area contributed by atoms with E-state index in [4.69, 9.17) is 0 Å². The molecule has 0 spiro atoms. The van der Waals surface area contributed by atoms with Crippen molar-refractivity contribution in [3.8, 4) is 10.4 Å². The predicted octanol–water partition coefficient (Wildman–Crippen LogP) is 5.25. The predicted molar refractivity (Wildman–Crippen MR) is 88.5 cm³/mol. The number of rotatable bonds is 5. The van der Waals surface area contributed by atoms with E-state index in [2.05, 4.69) is 47.2 Å². The molecule has 0 atom stereocenters. The monoisotopic (exact) mass is 300 g/mol. The second kappa shape index (κ2) is 6.37. The summed E-state index contributed by atoms with van der Waals surface area (Å²) >= 11 is 3.58. The number of hydrogen-bond donors (Lipinski definition) is 0. The molecule has 0 saturated heterocycles. The van der Waals surface area contributed by atoms with Crippen LogP contribution in [0.15, 0.2) is 47.8 Å². The van der Waals surface area contributed by atoms with Gasteiger partial charge in [0.2, 0.25) is 0 Å². The first-order valence-corrected chi connectivity index (χ1v) is 8.61. The number of thioether (sulfide) groups is 1. The minimum Gasteiger partial charge on any atom is -0.229 e. The Morgan fingerprint density at radius 1 is 1.15 bits per heavy atom. The summed E-state index contributed by atoms with van der Waals surface area (Å²) in [6.45, 7) is 2.22. The highest BCUT2D eigenvalue weighted by Gasteiger charge is 2.10. The van der Waals surface area contributed by atoms with Crippen LogP contribution in [0.4, 0.5) is 0 Å². The highest BCUT2D eigenvalue weighted by Crippen LogP contribution is 2.36. The van der Waals surface area contributed by atoms with Crippen molar-refractivity contribution in [2.24, 2.45) is 0 Å². The number of unbranched alkanes of at least 4 members (excludes halogenated alkanes) is 1. The molecule has 3 rings (SSSR count). The Labute approximate surface area is 127 Å². The normalized spacial score (nSPS) is 11.1. The van der Waals surface area contributed by atoms with Crippen LogP contribution in [0, 0.1) is 0 Å². The molecule has 1 aromatic carbocycles. The summed E-state index contributed by atoms with van der Waals surface area (Å²) in [5.74, 6) is 1.12. The molecule has 2 nitrogen and oxygen atoms in total. The smallest absolute Gasteiger partial charge is 0.128 e. The van der Waals surface area contributed by atoms with Gasteiger partial charge in [-0.2, -0.15) is 0 Å². The third kappa shape index (κ3) is 2.86. The Hall–Kier alpha value is -1.39. The molecule has 102 valence electrons. The summed E-state index contributed by atoms with van der Waals surface area (Å²) in [5, 5.41) is 2.30. The third-order valence-electron chi connectivity index (χ3n) is 3.09. The SMILES string of the molecule is CCCCSc1ncnc2sc(-c3ccccc3)cc12. The van der Waals surface area contributed by atoms with Crippen molar-refractivity contribution in [3.63, 3.8) is 0 Å². The van der Waals surface area contributed by atoms with Gasteiger partial charge in [0.05, 0.1) is 0 Å². The quantitative estimate of drug-likeness (QED) is 0.365. The standard InChI is InChI=1S/C16H16N2S2/c1-2-3-9-19-15-13-10-14(12-7-5-4-6-8-12)20-16(13)18-11-17-15/h4-8,10-11H,2-3,9H2,1H3. The average Bonchev–Trinajstić information content (AvgIpc) is 2.93. The van der Waals surface area contributed by atoms with E-state index >= 15 is 0 Å². The van der Waals surface area contributed by atoms with Crippen LogP contribution in [0.5, 0.6) is 0 Å². The Bertz CT molecular complexity index is 692. The van der Waals surface area contributed by atoms with E-state index in [0.717, 1.165) is 15.6 Å². The molecule has 0 saturated carbocycles. The van der Waals surface area contributed by atoms with Crippen LogP contribution >= 0.6 is 23.1 Å². The second-order valence-corrected chi connectivity index (χ2v) is 6.69. The third-order valence-corrected chi connectivity index (χ3v) is 5.27. The molecule has 3 aromatic rings. The van der Waals surface area contributed by atoms with Crippen LogP contribution in [-0.4, -0.2) is 15.7 Å². The molecule has 2 heterocycles. The summed E-state index contributed by atoms with van der Waals surface area (Å²) in [5.41, 5.74) is 1.25. The molecule has 20 heavy (non-hydrogen) atoms.